The van der Waals surface area contributed by atoms with E-state index in [0.717, 1.165) is 31.0 Å². The Bertz CT molecular complexity index is 926. The number of nitrogens with zero attached hydrogens (tertiary/aromatic N) is 1. The highest BCUT2D eigenvalue weighted by Gasteiger charge is 2.18. The lowest BCUT2D eigenvalue weighted by molar-refractivity contribution is 0.567. The average molecular weight is 375 g/mol. The van der Waals surface area contributed by atoms with Crippen LogP contribution in [0.25, 0.3) is 0 Å². The monoisotopic (exact) mass is 375 g/mol. The molecule has 2 aromatic rings. The van der Waals surface area contributed by atoms with Gasteiger partial charge in [-0.1, -0.05) is 24.3 Å². The van der Waals surface area contributed by atoms with E-state index in [1.54, 1.807) is 0 Å². The van der Waals surface area contributed by atoms with Gasteiger partial charge in [0.05, 0.1) is 12.3 Å². The number of hydrogen-bond donors (Lipinski definition) is 2. The lowest BCUT2D eigenvalue weighted by Crippen LogP contribution is -2.25. The molecule has 0 saturated carbocycles. The molecule has 0 heterocycles. The number of anilines is 1. The molecular weight excluding hydrogens is 353 g/mol. The summed E-state index contributed by atoms with van der Waals surface area (Å²) in [7, 11) is -3.74. The maximum Gasteiger partial charge on any atom is 0.193 e. The number of nitrogens with two attached hydrogens (primary N) is 1. The second-order valence-corrected chi connectivity index (χ2v) is 8.37. The van der Waals surface area contributed by atoms with Crippen LogP contribution in [0.4, 0.5) is 10.1 Å². The maximum atomic E-state index is 13.7. The van der Waals surface area contributed by atoms with E-state index in [-0.39, 0.29) is 23.2 Å². The molecule has 0 fully saturated rings. The van der Waals surface area contributed by atoms with Gasteiger partial charge in [0.1, 0.15) is 10.7 Å². The molecule has 0 bridgehead atoms. The van der Waals surface area contributed by atoms with Crippen LogP contribution in [0.2, 0.25) is 0 Å². The number of benzene rings is 2. The summed E-state index contributed by atoms with van der Waals surface area (Å²) in [5, 5.41) is 3.07. The minimum atomic E-state index is -3.74. The zero-order valence-electron chi connectivity index (χ0n) is 14.4. The molecule has 26 heavy (non-hydrogen) atoms. The minimum absolute atomic E-state index is 0.0372. The second kappa shape index (κ2) is 7.86. The van der Waals surface area contributed by atoms with Crippen molar-refractivity contribution in [1.29, 1.82) is 0 Å². The van der Waals surface area contributed by atoms with Crippen LogP contribution in [0.5, 0.6) is 0 Å². The summed E-state index contributed by atoms with van der Waals surface area (Å²) in [6.45, 7) is -0.0372. The third-order valence-electron chi connectivity index (χ3n) is 4.47. The summed E-state index contributed by atoms with van der Waals surface area (Å²) in [5.41, 5.74) is 9.39. The molecule has 0 atom stereocenters. The lowest BCUT2D eigenvalue weighted by Gasteiger charge is -2.19. The van der Waals surface area contributed by atoms with Crippen LogP contribution in [0.1, 0.15) is 24.0 Å². The van der Waals surface area contributed by atoms with E-state index in [1.165, 1.54) is 35.7 Å². The molecule has 0 saturated heterocycles. The molecule has 3 rings (SSSR count). The van der Waals surface area contributed by atoms with Crippen LogP contribution in [-0.2, 0) is 22.7 Å². The molecule has 5 nitrogen and oxygen atoms in total. The molecule has 2 aromatic carbocycles. The summed E-state index contributed by atoms with van der Waals surface area (Å²) in [6.07, 6.45) is 4.38. The zero-order valence-corrected chi connectivity index (χ0v) is 15.2. The van der Waals surface area contributed by atoms with Crippen molar-refractivity contribution >= 4 is 21.5 Å². The Labute approximate surface area is 153 Å². The first-order valence-corrected chi connectivity index (χ1v) is 10.3. The molecule has 0 spiro atoms. The van der Waals surface area contributed by atoms with E-state index in [2.05, 4.69) is 16.4 Å². The van der Waals surface area contributed by atoms with E-state index in [9.17, 15) is 12.8 Å². The molecule has 1 aliphatic rings. The van der Waals surface area contributed by atoms with Gasteiger partial charge in [0.15, 0.2) is 15.8 Å². The highest BCUT2D eigenvalue weighted by atomic mass is 32.2. The molecule has 0 aliphatic heterocycles. The van der Waals surface area contributed by atoms with E-state index in [4.69, 9.17) is 5.73 Å². The Morgan fingerprint density at radius 1 is 1.12 bits per heavy atom. The number of nitrogens with one attached hydrogen (secondary N) is 1. The highest BCUT2D eigenvalue weighted by molar-refractivity contribution is 7.91. The first kappa shape index (κ1) is 18.4. The molecule has 0 radical (unpaired) electrons. The molecule has 0 aromatic heterocycles. The van der Waals surface area contributed by atoms with Crippen molar-refractivity contribution in [3.8, 4) is 0 Å². The smallest absolute Gasteiger partial charge is 0.193 e. The Hall–Kier alpha value is -2.41. The topological polar surface area (TPSA) is 84.5 Å². The number of fused-ring (bicyclic) bond motifs is 1. The van der Waals surface area contributed by atoms with E-state index >= 15 is 0 Å². The van der Waals surface area contributed by atoms with Gasteiger partial charge >= 0.3 is 0 Å². The fourth-order valence-corrected chi connectivity index (χ4v) is 4.37. The normalized spacial score (nSPS) is 14.7. The Morgan fingerprint density at radius 2 is 1.88 bits per heavy atom. The van der Waals surface area contributed by atoms with Crippen molar-refractivity contribution in [3.05, 3.63) is 59.4 Å². The number of rotatable bonds is 5. The van der Waals surface area contributed by atoms with Gasteiger partial charge in [0, 0.05) is 5.69 Å². The zero-order chi connectivity index (χ0) is 18.6. The molecule has 0 unspecified atom stereocenters. The third kappa shape index (κ3) is 4.22. The van der Waals surface area contributed by atoms with Crippen LogP contribution in [0.3, 0.4) is 0 Å². The second-order valence-electron chi connectivity index (χ2n) is 6.29. The summed E-state index contributed by atoms with van der Waals surface area (Å²) < 4.78 is 38.1. The minimum Gasteiger partial charge on any atom is -0.370 e. The molecular formula is C19H22FN3O2S. The van der Waals surface area contributed by atoms with Crippen LogP contribution in [0, 0.1) is 5.82 Å². The summed E-state index contributed by atoms with van der Waals surface area (Å²) >= 11 is 0. The van der Waals surface area contributed by atoms with Crippen molar-refractivity contribution in [1.82, 2.24) is 0 Å². The number of sulfone groups is 1. The summed E-state index contributed by atoms with van der Waals surface area (Å²) in [4.78, 5) is 3.78. The third-order valence-corrected chi connectivity index (χ3v) is 6.19. The van der Waals surface area contributed by atoms with Crippen LogP contribution >= 0.6 is 0 Å². The van der Waals surface area contributed by atoms with Gasteiger partial charge in [-0.2, -0.15) is 0 Å². The van der Waals surface area contributed by atoms with Crippen LogP contribution < -0.4 is 11.1 Å². The van der Waals surface area contributed by atoms with Crippen LogP contribution in [-0.4, -0.2) is 26.7 Å². The Kier molecular flexibility index (Phi) is 5.56. The number of aliphatic imine (C=N–C) groups is 1. The van der Waals surface area contributed by atoms with Crippen molar-refractivity contribution in [2.45, 2.75) is 30.6 Å². The van der Waals surface area contributed by atoms with Crippen molar-refractivity contribution in [2.75, 3.05) is 17.6 Å². The fraction of sp³-hybridized carbons (Fsp3) is 0.316. The molecule has 0 amide bonds. The van der Waals surface area contributed by atoms with Gasteiger partial charge in [0.25, 0.3) is 0 Å². The summed E-state index contributed by atoms with van der Waals surface area (Å²) in [6, 6.07) is 11.4. The van der Waals surface area contributed by atoms with Crippen LogP contribution in [0.15, 0.2) is 52.4 Å². The van der Waals surface area contributed by atoms with Crippen molar-refractivity contribution in [3.63, 3.8) is 0 Å². The van der Waals surface area contributed by atoms with E-state index < -0.39 is 15.7 Å². The van der Waals surface area contributed by atoms with Gasteiger partial charge in [-0.3, -0.25) is 4.99 Å². The quantitative estimate of drug-likeness (QED) is 0.622. The molecule has 1 aliphatic carbocycles. The number of guanidine groups is 1. The van der Waals surface area contributed by atoms with Crippen molar-refractivity contribution in [2.24, 2.45) is 10.7 Å². The number of aryl methyl sites for hydroxylation is 1. The van der Waals surface area contributed by atoms with E-state index in [0.29, 0.717) is 0 Å². The Balaban J connectivity index is 1.66. The van der Waals surface area contributed by atoms with Gasteiger partial charge in [-0.15, -0.1) is 0 Å². The predicted octanol–water partition coefficient (Wildman–Crippen LogP) is 2.91. The predicted molar refractivity (Wildman–Crippen MR) is 102 cm³/mol. The number of halogens is 1. The van der Waals surface area contributed by atoms with E-state index in [1.807, 2.05) is 12.1 Å². The first-order valence-electron chi connectivity index (χ1n) is 8.62. The van der Waals surface area contributed by atoms with Gasteiger partial charge < -0.3 is 11.1 Å². The fourth-order valence-electron chi connectivity index (χ4n) is 3.17. The van der Waals surface area contributed by atoms with Crippen molar-refractivity contribution < 1.29 is 12.8 Å². The average Bonchev–Trinajstić information content (AvgIpc) is 2.62. The molecule has 7 heteroatoms. The Morgan fingerprint density at radius 3 is 2.69 bits per heavy atom. The summed E-state index contributed by atoms with van der Waals surface area (Å²) in [5.74, 6) is -0.894. The highest BCUT2D eigenvalue weighted by Crippen LogP contribution is 2.27. The maximum absolute atomic E-state index is 13.7. The largest absolute Gasteiger partial charge is 0.370 e. The van der Waals surface area contributed by atoms with Gasteiger partial charge in [0.2, 0.25) is 0 Å². The molecule has 138 valence electrons. The standard InChI is InChI=1S/C19H22FN3O2S/c20-16-9-3-4-11-18(16)26(24,25)13-12-22-19(21)23-17-10-5-7-14-6-1-2-8-15(14)17/h3-5,7,9-11H,1-2,6,8,12-13H2,(H3,21,22,23). The van der Waals surface area contributed by atoms with Gasteiger partial charge in [-0.05, 0) is 55.0 Å². The lowest BCUT2D eigenvalue weighted by atomic mass is 9.90. The first-order chi connectivity index (χ1) is 12.5. The molecule has 3 N–H and O–H groups in total. The van der Waals surface area contributed by atoms with Gasteiger partial charge in [-0.25, -0.2) is 12.8 Å². The number of hydrogen-bond acceptors (Lipinski definition) is 3. The SMILES string of the molecule is NC(=NCCS(=O)(=O)c1ccccc1F)Nc1cccc2c1CCCC2.